The second-order valence-electron chi connectivity index (χ2n) is 8.03. The fourth-order valence-corrected chi connectivity index (χ4v) is 4.46. The average Bonchev–Trinajstić information content (AvgIpc) is 3.17. The molecule has 2 fully saturated rings. The topological polar surface area (TPSA) is 99.0 Å². The Kier molecular flexibility index (Phi) is 5.88. The summed E-state index contributed by atoms with van der Waals surface area (Å²) < 4.78 is 0. The molecular formula is C20H29N5O3. The van der Waals surface area contributed by atoms with Gasteiger partial charge in [-0.3, -0.25) is 9.59 Å². The fraction of sp³-hybridized carbons (Fsp3) is 0.550. The number of amides is 4. The molecule has 3 atom stereocenters. The number of fused-ring (bicyclic) bond motifs is 1. The van der Waals surface area contributed by atoms with Crippen molar-refractivity contribution in [3.63, 3.8) is 0 Å². The van der Waals surface area contributed by atoms with Gasteiger partial charge in [0.05, 0.1) is 19.1 Å². The van der Waals surface area contributed by atoms with Crippen LogP contribution in [0.4, 0.5) is 4.79 Å². The van der Waals surface area contributed by atoms with Crippen LogP contribution in [-0.4, -0.2) is 79.4 Å². The number of nitrogens with zero attached hydrogens (tertiary/aromatic N) is 3. The zero-order valence-electron chi connectivity index (χ0n) is 16.7. The summed E-state index contributed by atoms with van der Waals surface area (Å²) in [5.41, 5.74) is 7.36. The van der Waals surface area contributed by atoms with Crippen LogP contribution in [0.2, 0.25) is 0 Å². The number of hydrogen-bond acceptors (Lipinski definition) is 4. The minimum absolute atomic E-state index is 0.0412. The molecule has 0 unspecified atom stereocenters. The number of carbonyl (C=O) groups is 3. The molecule has 0 aromatic heterocycles. The van der Waals surface area contributed by atoms with Gasteiger partial charge in [-0.2, -0.15) is 0 Å². The average molecular weight is 387 g/mol. The Morgan fingerprint density at radius 1 is 1.14 bits per heavy atom. The SMILES string of the molecule is Cc1ccccc1[C@H]1[C@@H]2CN(C(=O)CNC(N)=O)C[C@@H]2CN1C(=O)CN(C)C. The van der Waals surface area contributed by atoms with Crippen molar-refractivity contribution >= 4 is 17.8 Å². The molecular weight excluding hydrogens is 358 g/mol. The first kappa shape index (κ1) is 20.1. The van der Waals surface area contributed by atoms with E-state index in [2.05, 4.69) is 24.4 Å². The van der Waals surface area contributed by atoms with Crippen molar-refractivity contribution in [2.45, 2.75) is 13.0 Å². The normalized spacial score (nSPS) is 23.8. The number of likely N-dealkylation sites (N-methyl/N-ethyl adjacent to an activating group) is 1. The molecule has 8 heteroatoms. The van der Waals surface area contributed by atoms with E-state index in [0.29, 0.717) is 26.2 Å². The van der Waals surface area contributed by atoms with Crippen LogP contribution in [0.25, 0.3) is 0 Å². The molecule has 0 bridgehead atoms. The van der Waals surface area contributed by atoms with Crippen LogP contribution in [0.1, 0.15) is 17.2 Å². The molecule has 2 saturated heterocycles. The van der Waals surface area contributed by atoms with E-state index in [1.807, 2.05) is 36.0 Å². The third-order valence-corrected chi connectivity index (χ3v) is 5.71. The summed E-state index contributed by atoms with van der Waals surface area (Å²) in [5, 5.41) is 2.37. The van der Waals surface area contributed by atoms with E-state index >= 15 is 0 Å². The number of nitrogens with two attached hydrogens (primary N) is 1. The first-order valence-corrected chi connectivity index (χ1v) is 9.58. The molecule has 2 aliphatic rings. The van der Waals surface area contributed by atoms with Gasteiger partial charge < -0.3 is 25.8 Å². The molecule has 0 saturated carbocycles. The number of primary amides is 1. The van der Waals surface area contributed by atoms with Crippen molar-refractivity contribution in [2.24, 2.45) is 17.6 Å². The second-order valence-corrected chi connectivity index (χ2v) is 8.03. The Balaban J connectivity index is 1.82. The third kappa shape index (κ3) is 4.11. The molecule has 1 aromatic rings. The number of carbonyl (C=O) groups excluding carboxylic acids is 3. The van der Waals surface area contributed by atoms with Gasteiger partial charge in [-0.15, -0.1) is 0 Å². The van der Waals surface area contributed by atoms with Crippen LogP contribution in [0, 0.1) is 18.8 Å². The summed E-state index contributed by atoms with van der Waals surface area (Å²) in [7, 11) is 3.79. The number of likely N-dealkylation sites (tertiary alicyclic amines) is 2. The van der Waals surface area contributed by atoms with Gasteiger partial charge in [0.25, 0.3) is 0 Å². The number of urea groups is 1. The number of nitrogens with one attached hydrogen (secondary N) is 1. The first-order chi connectivity index (χ1) is 13.3. The molecule has 1 aromatic carbocycles. The molecule has 8 nitrogen and oxygen atoms in total. The zero-order chi connectivity index (χ0) is 20.4. The van der Waals surface area contributed by atoms with Crippen LogP contribution < -0.4 is 11.1 Å². The van der Waals surface area contributed by atoms with E-state index in [1.165, 1.54) is 0 Å². The Morgan fingerprint density at radius 2 is 1.86 bits per heavy atom. The lowest BCUT2D eigenvalue weighted by Crippen LogP contribution is -2.44. The maximum Gasteiger partial charge on any atom is 0.312 e. The molecule has 3 N–H and O–H groups in total. The summed E-state index contributed by atoms with van der Waals surface area (Å²) in [6.45, 7) is 4.15. The van der Waals surface area contributed by atoms with Crippen LogP contribution in [0.5, 0.6) is 0 Å². The summed E-state index contributed by atoms with van der Waals surface area (Å²) in [5.74, 6) is 0.391. The van der Waals surface area contributed by atoms with Gasteiger partial charge in [0.1, 0.15) is 0 Å². The van der Waals surface area contributed by atoms with Crippen molar-refractivity contribution < 1.29 is 14.4 Å². The first-order valence-electron chi connectivity index (χ1n) is 9.58. The van der Waals surface area contributed by atoms with Crippen molar-refractivity contribution in [3.8, 4) is 0 Å². The van der Waals surface area contributed by atoms with E-state index < -0.39 is 6.03 Å². The van der Waals surface area contributed by atoms with Crippen molar-refractivity contribution in [1.29, 1.82) is 0 Å². The predicted molar refractivity (Wildman–Crippen MR) is 105 cm³/mol. The largest absolute Gasteiger partial charge is 0.352 e. The second kappa shape index (κ2) is 8.18. The van der Waals surface area contributed by atoms with Crippen LogP contribution in [-0.2, 0) is 9.59 Å². The fourth-order valence-electron chi connectivity index (χ4n) is 4.46. The minimum Gasteiger partial charge on any atom is -0.352 e. The van der Waals surface area contributed by atoms with Gasteiger partial charge in [0.2, 0.25) is 11.8 Å². The lowest BCUT2D eigenvalue weighted by molar-refractivity contribution is -0.133. The molecule has 2 aliphatic heterocycles. The highest BCUT2D eigenvalue weighted by atomic mass is 16.2. The number of rotatable bonds is 5. The van der Waals surface area contributed by atoms with E-state index in [4.69, 9.17) is 5.73 Å². The lowest BCUT2D eigenvalue weighted by atomic mass is 9.87. The molecule has 0 radical (unpaired) electrons. The van der Waals surface area contributed by atoms with Gasteiger partial charge in [0, 0.05) is 31.5 Å². The maximum atomic E-state index is 12.9. The molecule has 2 heterocycles. The Bertz CT molecular complexity index is 766. The minimum atomic E-state index is -0.703. The Morgan fingerprint density at radius 3 is 2.50 bits per heavy atom. The Labute approximate surface area is 165 Å². The summed E-state index contributed by atoms with van der Waals surface area (Å²) in [6.07, 6.45) is 0. The molecule has 0 aliphatic carbocycles. The molecule has 0 spiro atoms. The van der Waals surface area contributed by atoms with Gasteiger partial charge >= 0.3 is 6.03 Å². The van der Waals surface area contributed by atoms with Gasteiger partial charge in [-0.25, -0.2) is 4.79 Å². The van der Waals surface area contributed by atoms with E-state index in [9.17, 15) is 14.4 Å². The molecule has 28 heavy (non-hydrogen) atoms. The third-order valence-electron chi connectivity index (χ3n) is 5.71. The van der Waals surface area contributed by atoms with Crippen LogP contribution in [0.15, 0.2) is 24.3 Å². The van der Waals surface area contributed by atoms with Gasteiger partial charge in [-0.05, 0) is 32.1 Å². The predicted octanol–water partition coefficient (Wildman–Crippen LogP) is 0.183. The highest BCUT2D eigenvalue weighted by Gasteiger charge is 2.50. The highest BCUT2D eigenvalue weighted by molar-refractivity contribution is 5.84. The molecule has 152 valence electrons. The number of benzene rings is 1. The van der Waals surface area contributed by atoms with Gasteiger partial charge in [-0.1, -0.05) is 24.3 Å². The van der Waals surface area contributed by atoms with Crippen molar-refractivity contribution in [3.05, 3.63) is 35.4 Å². The van der Waals surface area contributed by atoms with Crippen LogP contribution in [0.3, 0.4) is 0 Å². The summed E-state index contributed by atoms with van der Waals surface area (Å²) >= 11 is 0. The van der Waals surface area contributed by atoms with Crippen molar-refractivity contribution in [2.75, 3.05) is 46.8 Å². The maximum absolute atomic E-state index is 12.9. The quantitative estimate of drug-likeness (QED) is 0.753. The van der Waals surface area contributed by atoms with Crippen molar-refractivity contribution in [1.82, 2.24) is 20.0 Å². The number of aryl methyl sites for hydroxylation is 1. The summed E-state index contributed by atoms with van der Waals surface area (Å²) in [6, 6.07) is 7.39. The standard InChI is InChI=1S/C20H29N5O3/c1-13-6-4-5-7-15(13)19-16-11-24(17(26)8-22-20(21)28)9-14(16)10-25(19)18(27)12-23(2)3/h4-7,14,16,19H,8-12H2,1-3H3,(H3,21,22,28)/t14-,16-,19+/m1/s1. The highest BCUT2D eigenvalue weighted by Crippen LogP contribution is 2.45. The monoisotopic (exact) mass is 387 g/mol. The van der Waals surface area contributed by atoms with E-state index in [1.54, 1.807) is 4.90 Å². The van der Waals surface area contributed by atoms with Gasteiger partial charge in [0.15, 0.2) is 0 Å². The zero-order valence-corrected chi connectivity index (χ0v) is 16.7. The smallest absolute Gasteiger partial charge is 0.312 e. The summed E-state index contributed by atoms with van der Waals surface area (Å²) in [4.78, 5) is 41.9. The lowest BCUT2D eigenvalue weighted by Gasteiger charge is -2.31. The molecule has 4 amide bonds. The Hall–Kier alpha value is -2.61. The van der Waals surface area contributed by atoms with E-state index in [-0.39, 0.29) is 36.2 Å². The van der Waals surface area contributed by atoms with Crippen LogP contribution >= 0.6 is 0 Å². The molecule has 3 rings (SSSR count). The number of hydrogen-bond donors (Lipinski definition) is 2. The van der Waals surface area contributed by atoms with E-state index in [0.717, 1.165) is 11.1 Å².